The molecule has 1 aliphatic rings. The number of nitrogens with one attached hydrogen (secondary N) is 3. The van der Waals surface area contributed by atoms with Crippen LogP contribution in [-0.2, 0) is 6.18 Å². The Morgan fingerprint density at radius 2 is 2.11 bits per heavy atom. The van der Waals surface area contributed by atoms with E-state index in [0.29, 0.717) is 29.1 Å². The lowest BCUT2D eigenvalue weighted by atomic mass is 10.0. The fourth-order valence-electron chi connectivity index (χ4n) is 2.11. The molecule has 0 bridgehead atoms. The number of halogens is 3. The van der Waals surface area contributed by atoms with E-state index in [2.05, 4.69) is 20.8 Å². The van der Waals surface area contributed by atoms with Gasteiger partial charge in [0, 0.05) is 36.6 Å². The number of nitrogens with zero attached hydrogens (tertiary/aromatic N) is 1. The maximum Gasteiger partial charge on any atom is 0.416 e. The quantitative estimate of drug-likeness (QED) is 0.801. The van der Waals surface area contributed by atoms with Crippen molar-refractivity contribution >= 4 is 16.6 Å². The Morgan fingerprint density at radius 1 is 1.32 bits per heavy atom. The number of H-pyrrole nitrogens is 1. The molecule has 1 aliphatic heterocycles. The standard InChI is InChI=1S/C12H13F3N4/c13-12(14,15)8-1-10(17-5-7-3-16-4-7)9-6-18-19-11(9)2-8/h1-2,6-7,16-17H,3-5H2,(H,18,19). The van der Waals surface area contributed by atoms with Crippen LogP contribution in [0.3, 0.4) is 0 Å². The second kappa shape index (κ2) is 4.41. The van der Waals surface area contributed by atoms with Crippen LogP contribution in [0.25, 0.3) is 10.9 Å². The predicted octanol–water partition coefficient (Wildman–Crippen LogP) is 2.21. The molecule has 0 aliphatic carbocycles. The Balaban J connectivity index is 1.93. The SMILES string of the molecule is FC(F)(F)c1cc(NCC2CNC2)c2cn[nH]c2c1. The predicted molar refractivity (Wildman–Crippen MR) is 65.9 cm³/mol. The molecule has 4 nitrogen and oxygen atoms in total. The van der Waals surface area contributed by atoms with Crippen molar-refractivity contribution in [2.75, 3.05) is 25.0 Å². The first kappa shape index (κ1) is 12.3. The van der Waals surface area contributed by atoms with Gasteiger partial charge in [0.15, 0.2) is 0 Å². The third-order valence-corrected chi connectivity index (χ3v) is 3.33. The van der Waals surface area contributed by atoms with Crippen LogP contribution in [0.5, 0.6) is 0 Å². The number of aromatic nitrogens is 2. The van der Waals surface area contributed by atoms with Gasteiger partial charge in [0.2, 0.25) is 0 Å². The van der Waals surface area contributed by atoms with Crippen molar-refractivity contribution in [3.8, 4) is 0 Å². The number of anilines is 1. The molecule has 2 aromatic rings. The molecular formula is C12H13F3N4. The smallest absolute Gasteiger partial charge is 0.384 e. The van der Waals surface area contributed by atoms with Gasteiger partial charge in [-0.15, -0.1) is 0 Å². The molecular weight excluding hydrogens is 257 g/mol. The van der Waals surface area contributed by atoms with Gasteiger partial charge in [0.25, 0.3) is 0 Å². The highest BCUT2D eigenvalue weighted by Crippen LogP contribution is 2.34. The molecule has 19 heavy (non-hydrogen) atoms. The lowest BCUT2D eigenvalue weighted by molar-refractivity contribution is -0.137. The molecule has 0 spiro atoms. The Morgan fingerprint density at radius 3 is 2.74 bits per heavy atom. The minimum Gasteiger partial charge on any atom is -0.384 e. The van der Waals surface area contributed by atoms with Gasteiger partial charge >= 0.3 is 6.18 Å². The summed E-state index contributed by atoms with van der Waals surface area (Å²) in [7, 11) is 0. The largest absolute Gasteiger partial charge is 0.416 e. The highest BCUT2D eigenvalue weighted by Gasteiger charge is 2.31. The van der Waals surface area contributed by atoms with E-state index in [0.717, 1.165) is 25.2 Å². The van der Waals surface area contributed by atoms with Crippen molar-refractivity contribution in [2.45, 2.75) is 6.18 Å². The van der Waals surface area contributed by atoms with E-state index in [4.69, 9.17) is 0 Å². The fourth-order valence-corrected chi connectivity index (χ4v) is 2.11. The molecule has 1 saturated heterocycles. The van der Waals surface area contributed by atoms with Crippen molar-refractivity contribution in [1.82, 2.24) is 15.5 Å². The molecule has 0 atom stereocenters. The molecule has 1 aromatic carbocycles. The van der Waals surface area contributed by atoms with E-state index >= 15 is 0 Å². The summed E-state index contributed by atoms with van der Waals surface area (Å²) < 4.78 is 38.4. The van der Waals surface area contributed by atoms with Crippen molar-refractivity contribution in [1.29, 1.82) is 0 Å². The zero-order chi connectivity index (χ0) is 13.5. The number of rotatable bonds is 3. The fraction of sp³-hybridized carbons (Fsp3) is 0.417. The minimum atomic E-state index is -4.35. The Labute approximate surface area is 107 Å². The molecule has 3 N–H and O–H groups in total. The summed E-state index contributed by atoms with van der Waals surface area (Å²) in [6, 6.07) is 2.22. The Hall–Kier alpha value is -1.76. The van der Waals surface area contributed by atoms with Crippen LogP contribution in [0.1, 0.15) is 5.56 Å². The molecule has 102 valence electrons. The molecule has 0 unspecified atom stereocenters. The van der Waals surface area contributed by atoms with Gasteiger partial charge in [-0.05, 0) is 12.1 Å². The number of hydrogen-bond acceptors (Lipinski definition) is 3. The van der Waals surface area contributed by atoms with Crippen LogP contribution in [0.4, 0.5) is 18.9 Å². The van der Waals surface area contributed by atoms with Crippen LogP contribution < -0.4 is 10.6 Å². The number of alkyl halides is 3. The summed E-state index contributed by atoms with van der Waals surface area (Å²) >= 11 is 0. The number of fused-ring (bicyclic) bond motifs is 1. The van der Waals surface area contributed by atoms with Gasteiger partial charge in [-0.3, -0.25) is 5.10 Å². The maximum atomic E-state index is 12.8. The summed E-state index contributed by atoms with van der Waals surface area (Å²) in [5.41, 5.74) is 0.202. The number of aromatic amines is 1. The topological polar surface area (TPSA) is 52.7 Å². The molecule has 0 radical (unpaired) electrons. The third kappa shape index (κ3) is 2.37. The zero-order valence-corrected chi connectivity index (χ0v) is 10.0. The van der Waals surface area contributed by atoms with Gasteiger partial charge in [-0.2, -0.15) is 18.3 Å². The van der Waals surface area contributed by atoms with Crippen molar-refractivity contribution in [3.63, 3.8) is 0 Å². The first-order valence-corrected chi connectivity index (χ1v) is 6.03. The van der Waals surface area contributed by atoms with Gasteiger partial charge in [-0.1, -0.05) is 0 Å². The molecule has 0 saturated carbocycles. The van der Waals surface area contributed by atoms with Gasteiger partial charge in [0.05, 0.1) is 17.3 Å². The maximum absolute atomic E-state index is 12.8. The Bertz CT molecular complexity index is 586. The molecule has 3 rings (SSSR count). The van der Waals surface area contributed by atoms with Gasteiger partial charge in [-0.25, -0.2) is 0 Å². The summed E-state index contributed by atoms with van der Waals surface area (Å²) in [5.74, 6) is 0.469. The monoisotopic (exact) mass is 270 g/mol. The molecule has 1 fully saturated rings. The lowest BCUT2D eigenvalue weighted by Crippen LogP contribution is -2.45. The summed E-state index contributed by atoms with van der Waals surface area (Å²) in [4.78, 5) is 0. The zero-order valence-electron chi connectivity index (χ0n) is 10.0. The second-order valence-corrected chi connectivity index (χ2v) is 4.76. The van der Waals surface area contributed by atoms with E-state index in [1.54, 1.807) is 0 Å². The third-order valence-electron chi connectivity index (χ3n) is 3.33. The van der Waals surface area contributed by atoms with Crippen LogP contribution in [0, 0.1) is 5.92 Å². The average molecular weight is 270 g/mol. The van der Waals surface area contributed by atoms with Gasteiger partial charge < -0.3 is 10.6 Å². The molecule has 2 heterocycles. The van der Waals surface area contributed by atoms with Crippen molar-refractivity contribution < 1.29 is 13.2 Å². The first-order valence-electron chi connectivity index (χ1n) is 6.03. The van der Waals surface area contributed by atoms with E-state index in [1.807, 2.05) is 0 Å². The van der Waals surface area contributed by atoms with E-state index < -0.39 is 11.7 Å². The minimum absolute atomic E-state index is 0.393. The van der Waals surface area contributed by atoms with Gasteiger partial charge in [0.1, 0.15) is 0 Å². The summed E-state index contributed by atoms with van der Waals surface area (Å²) in [6.07, 6.45) is -2.81. The van der Waals surface area contributed by atoms with Crippen LogP contribution >= 0.6 is 0 Å². The summed E-state index contributed by atoms with van der Waals surface area (Å²) in [6.45, 7) is 2.47. The highest BCUT2D eigenvalue weighted by atomic mass is 19.4. The second-order valence-electron chi connectivity index (χ2n) is 4.76. The molecule has 1 aromatic heterocycles. The highest BCUT2D eigenvalue weighted by molar-refractivity contribution is 5.91. The number of benzene rings is 1. The van der Waals surface area contributed by atoms with Crippen LogP contribution in [0.15, 0.2) is 18.3 Å². The normalized spacial score (nSPS) is 16.6. The lowest BCUT2D eigenvalue weighted by Gasteiger charge is -2.27. The Kier molecular flexibility index (Phi) is 2.85. The summed E-state index contributed by atoms with van der Waals surface area (Å²) in [5, 5.41) is 13.3. The average Bonchev–Trinajstić information content (AvgIpc) is 2.73. The molecule has 0 amide bonds. The first-order chi connectivity index (χ1) is 9.04. The number of hydrogen-bond donors (Lipinski definition) is 3. The van der Waals surface area contributed by atoms with Crippen molar-refractivity contribution in [2.24, 2.45) is 5.92 Å². The molecule has 7 heteroatoms. The van der Waals surface area contributed by atoms with Crippen molar-refractivity contribution in [3.05, 3.63) is 23.9 Å². The van der Waals surface area contributed by atoms with E-state index in [1.165, 1.54) is 6.20 Å². The van der Waals surface area contributed by atoms with E-state index in [9.17, 15) is 13.2 Å². The van der Waals surface area contributed by atoms with Crippen LogP contribution in [-0.4, -0.2) is 29.8 Å². The van der Waals surface area contributed by atoms with Crippen LogP contribution in [0.2, 0.25) is 0 Å². The van der Waals surface area contributed by atoms with E-state index in [-0.39, 0.29) is 0 Å².